The van der Waals surface area contributed by atoms with Crippen LogP contribution in [-0.2, 0) is 0 Å². The van der Waals surface area contributed by atoms with Crippen molar-refractivity contribution in [1.29, 1.82) is 0 Å². The molecule has 0 spiro atoms. The number of nitrogens with zero attached hydrogens (tertiary/aromatic N) is 2. The molecule has 0 aliphatic carbocycles. The van der Waals surface area contributed by atoms with E-state index in [9.17, 15) is 4.79 Å². The fourth-order valence-corrected chi connectivity index (χ4v) is 2.64. The van der Waals surface area contributed by atoms with Gasteiger partial charge in [0.1, 0.15) is 5.15 Å². The van der Waals surface area contributed by atoms with Gasteiger partial charge in [-0.15, -0.1) is 0 Å². The van der Waals surface area contributed by atoms with E-state index in [0.29, 0.717) is 30.3 Å². The molecule has 0 bridgehead atoms. The van der Waals surface area contributed by atoms with Crippen molar-refractivity contribution in [2.75, 3.05) is 25.4 Å². The normalized spacial score (nSPS) is 19.5. The first-order valence-electron chi connectivity index (χ1n) is 6.43. The van der Waals surface area contributed by atoms with Crippen LogP contribution < -0.4 is 5.73 Å². The molecule has 1 saturated heterocycles. The van der Waals surface area contributed by atoms with E-state index in [4.69, 9.17) is 22.4 Å². The molecule has 2 heterocycles. The summed E-state index contributed by atoms with van der Waals surface area (Å²) in [6.45, 7) is 1.53. The minimum Gasteiger partial charge on any atom is -0.397 e. The number of hydrogen-bond acceptors (Lipinski definition) is 4. The number of anilines is 1. The monoisotopic (exact) mass is 283 g/mol. The van der Waals surface area contributed by atoms with Gasteiger partial charge in [-0.05, 0) is 31.2 Å². The Balaban J connectivity index is 2.12. The summed E-state index contributed by atoms with van der Waals surface area (Å²) < 4.78 is 0. The fraction of sp³-hybridized carbons (Fsp3) is 0.538. The molecule has 3 N–H and O–H groups in total. The van der Waals surface area contributed by atoms with Crippen LogP contribution in [0.25, 0.3) is 0 Å². The molecule has 1 aliphatic heterocycles. The van der Waals surface area contributed by atoms with E-state index >= 15 is 0 Å². The summed E-state index contributed by atoms with van der Waals surface area (Å²) in [5.41, 5.74) is 6.43. The first-order valence-corrected chi connectivity index (χ1v) is 6.80. The summed E-state index contributed by atoms with van der Waals surface area (Å²) in [4.78, 5) is 18.1. The van der Waals surface area contributed by atoms with Crippen molar-refractivity contribution < 1.29 is 9.90 Å². The van der Waals surface area contributed by atoms with E-state index in [0.717, 1.165) is 19.3 Å². The Morgan fingerprint density at radius 1 is 1.63 bits per heavy atom. The number of hydrogen-bond donors (Lipinski definition) is 2. The molecule has 0 saturated carbocycles. The number of aliphatic hydroxyl groups excluding tert-OH is 1. The summed E-state index contributed by atoms with van der Waals surface area (Å²) in [5, 5.41) is 9.17. The predicted octanol–water partition coefficient (Wildman–Crippen LogP) is 1.55. The Bertz CT molecular complexity index is 465. The van der Waals surface area contributed by atoms with Crippen LogP contribution in [0.2, 0.25) is 5.15 Å². The Hall–Kier alpha value is -1.33. The number of pyridine rings is 1. The van der Waals surface area contributed by atoms with Crippen LogP contribution in [0.1, 0.15) is 29.6 Å². The molecule has 2 rings (SSSR count). The van der Waals surface area contributed by atoms with Gasteiger partial charge in [0.15, 0.2) is 0 Å². The second-order valence-electron chi connectivity index (χ2n) is 4.88. The number of carbonyl (C=O) groups excluding carboxylic acids is 1. The van der Waals surface area contributed by atoms with E-state index in [-0.39, 0.29) is 17.7 Å². The summed E-state index contributed by atoms with van der Waals surface area (Å²) >= 11 is 5.95. The molecule has 1 aromatic heterocycles. The maximum absolute atomic E-state index is 12.4. The van der Waals surface area contributed by atoms with Crippen molar-refractivity contribution in [3.05, 3.63) is 23.0 Å². The molecule has 19 heavy (non-hydrogen) atoms. The second kappa shape index (κ2) is 6.21. The molecule has 1 aromatic rings. The Morgan fingerprint density at radius 2 is 2.42 bits per heavy atom. The van der Waals surface area contributed by atoms with Crippen LogP contribution in [0, 0.1) is 5.92 Å². The molecule has 104 valence electrons. The zero-order valence-corrected chi connectivity index (χ0v) is 11.4. The van der Waals surface area contributed by atoms with Gasteiger partial charge in [-0.1, -0.05) is 11.6 Å². The molecule has 6 heteroatoms. The van der Waals surface area contributed by atoms with E-state index in [2.05, 4.69) is 4.98 Å². The van der Waals surface area contributed by atoms with Crippen molar-refractivity contribution in [1.82, 2.24) is 9.88 Å². The number of rotatable bonds is 3. The van der Waals surface area contributed by atoms with E-state index < -0.39 is 0 Å². The van der Waals surface area contributed by atoms with Crippen molar-refractivity contribution in [2.45, 2.75) is 19.3 Å². The summed E-state index contributed by atoms with van der Waals surface area (Å²) in [7, 11) is 0. The molecule has 0 aromatic carbocycles. The largest absolute Gasteiger partial charge is 0.397 e. The minimum atomic E-state index is -0.132. The van der Waals surface area contributed by atoms with Gasteiger partial charge in [-0.25, -0.2) is 4.98 Å². The highest BCUT2D eigenvalue weighted by Crippen LogP contribution is 2.23. The Kier molecular flexibility index (Phi) is 4.61. The highest BCUT2D eigenvalue weighted by Gasteiger charge is 2.25. The molecule has 1 unspecified atom stereocenters. The molecular weight excluding hydrogens is 266 g/mol. The number of amides is 1. The van der Waals surface area contributed by atoms with E-state index in [1.807, 2.05) is 0 Å². The average molecular weight is 284 g/mol. The number of piperidine rings is 1. The molecular formula is C13H18ClN3O2. The molecule has 1 aliphatic rings. The highest BCUT2D eigenvalue weighted by molar-refractivity contribution is 6.32. The lowest BCUT2D eigenvalue weighted by Gasteiger charge is -2.32. The third-order valence-corrected chi connectivity index (χ3v) is 3.74. The Morgan fingerprint density at radius 3 is 3.16 bits per heavy atom. The average Bonchev–Trinajstić information content (AvgIpc) is 2.41. The van der Waals surface area contributed by atoms with E-state index in [1.165, 1.54) is 6.20 Å². The summed E-state index contributed by atoms with van der Waals surface area (Å²) in [6.07, 6.45) is 4.16. The molecule has 1 atom stereocenters. The zero-order chi connectivity index (χ0) is 13.8. The number of carbonyl (C=O) groups is 1. The number of likely N-dealkylation sites (tertiary alicyclic amines) is 1. The van der Waals surface area contributed by atoms with Crippen LogP contribution in [0.3, 0.4) is 0 Å². The third kappa shape index (κ3) is 3.36. The first-order chi connectivity index (χ1) is 9.11. The minimum absolute atomic E-state index is 0.132. The number of nitrogens with two attached hydrogens (primary N) is 1. The smallest absolute Gasteiger partial charge is 0.257 e. The van der Waals surface area contributed by atoms with Crippen LogP contribution in [-0.4, -0.2) is 40.6 Å². The summed E-state index contributed by atoms with van der Waals surface area (Å²) in [5.74, 6) is 0.225. The second-order valence-corrected chi connectivity index (χ2v) is 5.24. The van der Waals surface area contributed by atoms with Gasteiger partial charge in [0.05, 0.1) is 17.4 Å². The van der Waals surface area contributed by atoms with Crippen LogP contribution >= 0.6 is 11.6 Å². The quantitative estimate of drug-likeness (QED) is 0.825. The lowest BCUT2D eigenvalue weighted by Crippen LogP contribution is -2.40. The Labute approximate surface area is 117 Å². The van der Waals surface area contributed by atoms with Crippen molar-refractivity contribution in [2.24, 2.45) is 5.92 Å². The number of aromatic nitrogens is 1. The standard InChI is InChI=1S/C13H18ClN3O2/c14-12-11(6-10(15)7-16-12)13(19)17-4-1-2-9(8-17)3-5-18/h6-7,9,18H,1-5,8,15H2. The van der Waals surface area contributed by atoms with Gasteiger partial charge in [-0.3, -0.25) is 4.79 Å². The van der Waals surface area contributed by atoms with Gasteiger partial charge >= 0.3 is 0 Å². The van der Waals surface area contributed by atoms with Crippen molar-refractivity contribution in [3.8, 4) is 0 Å². The van der Waals surface area contributed by atoms with Gasteiger partial charge in [0.25, 0.3) is 5.91 Å². The van der Waals surface area contributed by atoms with Crippen LogP contribution in [0.4, 0.5) is 5.69 Å². The molecule has 5 nitrogen and oxygen atoms in total. The third-order valence-electron chi connectivity index (χ3n) is 3.43. The highest BCUT2D eigenvalue weighted by atomic mass is 35.5. The van der Waals surface area contributed by atoms with Crippen molar-refractivity contribution in [3.63, 3.8) is 0 Å². The predicted molar refractivity (Wildman–Crippen MR) is 74.0 cm³/mol. The van der Waals surface area contributed by atoms with Crippen molar-refractivity contribution >= 4 is 23.2 Å². The topological polar surface area (TPSA) is 79.5 Å². The SMILES string of the molecule is Nc1cnc(Cl)c(C(=O)N2CCCC(CCO)C2)c1. The molecule has 1 fully saturated rings. The molecule has 1 amide bonds. The number of nitrogen functional groups attached to an aromatic ring is 1. The van der Waals surface area contributed by atoms with Gasteiger partial charge in [-0.2, -0.15) is 0 Å². The van der Waals surface area contributed by atoms with Gasteiger partial charge < -0.3 is 15.7 Å². The lowest BCUT2D eigenvalue weighted by atomic mass is 9.95. The zero-order valence-electron chi connectivity index (χ0n) is 10.7. The maximum Gasteiger partial charge on any atom is 0.257 e. The maximum atomic E-state index is 12.4. The first kappa shape index (κ1) is 14.1. The van der Waals surface area contributed by atoms with Crippen LogP contribution in [0.15, 0.2) is 12.3 Å². The fourth-order valence-electron chi connectivity index (χ4n) is 2.45. The number of aliphatic hydroxyl groups is 1. The van der Waals surface area contributed by atoms with E-state index in [1.54, 1.807) is 11.0 Å². The van der Waals surface area contributed by atoms with Crippen LogP contribution in [0.5, 0.6) is 0 Å². The lowest BCUT2D eigenvalue weighted by molar-refractivity contribution is 0.0653. The molecule has 0 radical (unpaired) electrons. The van der Waals surface area contributed by atoms with Gasteiger partial charge in [0, 0.05) is 19.7 Å². The van der Waals surface area contributed by atoms with Gasteiger partial charge in [0.2, 0.25) is 0 Å². The number of halogens is 1. The summed E-state index contributed by atoms with van der Waals surface area (Å²) in [6, 6.07) is 1.56.